The van der Waals surface area contributed by atoms with Crippen LogP contribution in [0.3, 0.4) is 0 Å². The maximum Gasteiger partial charge on any atom is 0.0702 e. The first-order valence-electron chi connectivity index (χ1n) is 6.57. The van der Waals surface area contributed by atoms with Crippen molar-refractivity contribution >= 4 is 17.3 Å². The Morgan fingerprint density at radius 1 is 1.50 bits per heavy atom. The molecule has 4 heteroatoms. The first kappa shape index (κ1) is 13.7. The first-order chi connectivity index (χ1) is 8.69. The van der Waals surface area contributed by atoms with E-state index in [-0.39, 0.29) is 0 Å². The zero-order valence-electron chi connectivity index (χ0n) is 10.9. The molecule has 1 aromatic rings. The molecular weight excluding hydrogens is 248 g/mol. The number of nitrogen functional groups attached to an aromatic ring is 1. The van der Waals surface area contributed by atoms with Crippen molar-refractivity contribution in [2.75, 3.05) is 25.4 Å². The predicted molar refractivity (Wildman–Crippen MR) is 75.8 cm³/mol. The Morgan fingerprint density at radius 2 is 2.33 bits per heavy atom. The molecule has 0 radical (unpaired) electrons. The lowest BCUT2D eigenvalue weighted by atomic mass is 10.1. The smallest absolute Gasteiger partial charge is 0.0702 e. The Morgan fingerprint density at radius 3 is 2.94 bits per heavy atom. The van der Waals surface area contributed by atoms with Crippen molar-refractivity contribution in [3.63, 3.8) is 0 Å². The van der Waals surface area contributed by atoms with E-state index in [0.717, 1.165) is 37.5 Å². The fourth-order valence-corrected chi connectivity index (χ4v) is 2.51. The number of nitrogens with zero attached hydrogens (tertiary/aromatic N) is 1. The SMILES string of the molecule is CCN(Cc1ccc(Cl)cc1N)CC1CCCO1. The van der Waals surface area contributed by atoms with E-state index >= 15 is 0 Å². The minimum Gasteiger partial charge on any atom is -0.398 e. The summed E-state index contributed by atoms with van der Waals surface area (Å²) in [6, 6.07) is 5.72. The van der Waals surface area contributed by atoms with Crippen LogP contribution < -0.4 is 5.73 Å². The van der Waals surface area contributed by atoms with Gasteiger partial charge in [-0.05, 0) is 37.1 Å². The highest BCUT2D eigenvalue weighted by Crippen LogP contribution is 2.21. The van der Waals surface area contributed by atoms with Crippen LogP contribution in [0.2, 0.25) is 5.02 Å². The quantitative estimate of drug-likeness (QED) is 0.835. The summed E-state index contributed by atoms with van der Waals surface area (Å²) >= 11 is 5.91. The van der Waals surface area contributed by atoms with Crippen molar-refractivity contribution in [1.29, 1.82) is 0 Å². The van der Waals surface area contributed by atoms with Crippen LogP contribution >= 0.6 is 11.6 Å². The highest BCUT2D eigenvalue weighted by Gasteiger charge is 2.18. The Bertz CT molecular complexity index is 391. The summed E-state index contributed by atoms with van der Waals surface area (Å²) in [5, 5.41) is 0.693. The molecular formula is C14H21ClN2O. The third-order valence-electron chi connectivity index (χ3n) is 3.43. The van der Waals surface area contributed by atoms with Crippen molar-refractivity contribution in [1.82, 2.24) is 4.90 Å². The summed E-state index contributed by atoms with van der Waals surface area (Å²) in [6.07, 6.45) is 2.75. The zero-order chi connectivity index (χ0) is 13.0. The Hall–Kier alpha value is -0.770. The third-order valence-corrected chi connectivity index (χ3v) is 3.67. The molecule has 100 valence electrons. The fraction of sp³-hybridized carbons (Fsp3) is 0.571. The van der Waals surface area contributed by atoms with E-state index in [0.29, 0.717) is 11.1 Å². The van der Waals surface area contributed by atoms with E-state index in [9.17, 15) is 0 Å². The van der Waals surface area contributed by atoms with Gasteiger partial charge in [-0.2, -0.15) is 0 Å². The second kappa shape index (κ2) is 6.41. The van der Waals surface area contributed by atoms with Gasteiger partial charge in [0.25, 0.3) is 0 Å². The van der Waals surface area contributed by atoms with Crippen LogP contribution in [0.4, 0.5) is 5.69 Å². The van der Waals surface area contributed by atoms with Crippen LogP contribution in [0.1, 0.15) is 25.3 Å². The molecule has 1 fully saturated rings. The monoisotopic (exact) mass is 268 g/mol. The number of nitrogens with two attached hydrogens (primary N) is 1. The molecule has 3 nitrogen and oxygen atoms in total. The average Bonchev–Trinajstić information content (AvgIpc) is 2.84. The summed E-state index contributed by atoms with van der Waals surface area (Å²) < 4.78 is 5.68. The lowest BCUT2D eigenvalue weighted by molar-refractivity contribution is 0.0725. The van der Waals surface area contributed by atoms with Crippen LogP contribution in [0.15, 0.2) is 18.2 Å². The highest BCUT2D eigenvalue weighted by molar-refractivity contribution is 6.30. The molecule has 1 saturated heterocycles. The van der Waals surface area contributed by atoms with Gasteiger partial charge in [0, 0.05) is 30.4 Å². The number of benzene rings is 1. The van der Waals surface area contributed by atoms with Gasteiger partial charge in [0.15, 0.2) is 0 Å². The molecule has 2 N–H and O–H groups in total. The Labute approximate surface area is 114 Å². The van der Waals surface area contributed by atoms with Crippen LogP contribution in [0.5, 0.6) is 0 Å². The molecule has 1 heterocycles. The van der Waals surface area contributed by atoms with E-state index in [1.54, 1.807) is 0 Å². The maximum atomic E-state index is 5.99. The summed E-state index contributed by atoms with van der Waals surface area (Å²) in [4.78, 5) is 2.37. The second-order valence-corrected chi connectivity index (χ2v) is 5.24. The van der Waals surface area contributed by atoms with Crippen LogP contribution in [0, 0.1) is 0 Å². The van der Waals surface area contributed by atoms with E-state index in [2.05, 4.69) is 11.8 Å². The standard InChI is InChI=1S/C14H21ClN2O/c1-2-17(10-13-4-3-7-18-13)9-11-5-6-12(15)8-14(11)16/h5-6,8,13H,2-4,7,9-10,16H2,1H3. The van der Waals surface area contributed by atoms with Crippen molar-refractivity contribution in [3.05, 3.63) is 28.8 Å². The summed E-state index contributed by atoms with van der Waals surface area (Å²) in [5.41, 5.74) is 7.90. The number of hydrogen-bond acceptors (Lipinski definition) is 3. The molecule has 2 rings (SSSR count). The van der Waals surface area contributed by atoms with Crippen LogP contribution in [-0.2, 0) is 11.3 Å². The third kappa shape index (κ3) is 3.61. The van der Waals surface area contributed by atoms with Crippen molar-refractivity contribution < 1.29 is 4.74 Å². The topological polar surface area (TPSA) is 38.5 Å². The summed E-state index contributed by atoms with van der Waals surface area (Å²) in [5.74, 6) is 0. The molecule has 1 aliphatic rings. The maximum absolute atomic E-state index is 5.99. The molecule has 1 atom stereocenters. The molecule has 1 aromatic carbocycles. The van der Waals surface area contributed by atoms with Gasteiger partial charge in [0.1, 0.15) is 0 Å². The van der Waals surface area contributed by atoms with Crippen LogP contribution in [0.25, 0.3) is 0 Å². The Kier molecular flexibility index (Phi) is 4.87. The average molecular weight is 269 g/mol. The number of rotatable bonds is 5. The van der Waals surface area contributed by atoms with Gasteiger partial charge in [-0.15, -0.1) is 0 Å². The van der Waals surface area contributed by atoms with E-state index < -0.39 is 0 Å². The molecule has 0 bridgehead atoms. The molecule has 0 aliphatic carbocycles. The van der Waals surface area contributed by atoms with Crippen molar-refractivity contribution in [3.8, 4) is 0 Å². The van der Waals surface area contributed by atoms with Gasteiger partial charge in [-0.1, -0.05) is 24.6 Å². The molecule has 0 amide bonds. The minimum atomic E-state index is 0.387. The van der Waals surface area contributed by atoms with Gasteiger partial charge in [0.2, 0.25) is 0 Å². The van der Waals surface area contributed by atoms with E-state index in [1.165, 1.54) is 12.8 Å². The number of hydrogen-bond donors (Lipinski definition) is 1. The van der Waals surface area contributed by atoms with Gasteiger partial charge in [-0.3, -0.25) is 4.90 Å². The largest absolute Gasteiger partial charge is 0.398 e. The molecule has 0 aromatic heterocycles. The van der Waals surface area contributed by atoms with Crippen LogP contribution in [-0.4, -0.2) is 30.7 Å². The van der Waals surface area contributed by atoms with E-state index in [4.69, 9.17) is 22.1 Å². The van der Waals surface area contributed by atoms with Gasteiger partial charge >= 0.3 is 0 Å². The van der Waals surface area contributed by atoms with E-state index in [1.807, 2.05) is 18.2 Å². The molecule has 0 saturated carbocycles. The van der Waals surface area contributed by atoms with Crippen molar-refractivity contribution in [2.45, 2.75) is 32.4 Å². The molecule has 0 spiro atoms. The summed E-state index contributed by atoms with van der Waals surface area (Å²) in [6.45, 7) is 5.92. The number of anilines is 1. The Balaban J connectivity index is 1.96. The molecule has 1 unspecified atom stereocenters. The minimum absolute atomic E-state index is 0.387. The molecule has 1 aliphatic heterocycles. The summed E-state index contributed by atoms with van der Waals surface area (Å²) in [7, 11) is 0. The second-order valence-electron chi connectivity index (χ2n) is 4.81. The first-order valence-corrected chi connectivity index (χ1v) is 6.94. The van der Waals surface area contributed by atoms with Crippen molar-refractivity contribution in [2.24, 2.45) is 0 Å². The lowest BCUT2D eigenvalue weighted by Crippen LogP contribution is -2.31. The van der Waals surface area contributed by atoms with Gasteiger partial charge < -0.3 is 10.5 Å². The number of halogens is 1. The normalized spacial score (nSPS) is 19.6. The van der Waals surface area contributed by atoms with Gasteiger partial charge in [-0.25, -0.2) is 0 Å². The number of ether oxygens (including phenoxy) is 1. The predicted octanol–water partition coefficient (Wildman–Crippen LogP) is 2.92. The lowest BCUT2D eigenvalue weighted by Gasteiger charge is -2.24. The highest BCUT2D eigenvalue weighted by atomic mass is 35.5. The van der Waals surface area contributed by atoms with Gasteiger partial charge in [0.05, 0.1) is 6.10 Å². The molecule has 18 heavy (non-hydrogen) atoms. The zero-order valence-corrected chi connectivity index (χ0v) is 11.6. The number of likely N-dealkylation sites (N-methyl/N-ethyl adjacent to an activating group) is 1. The fourth-order valence-electron chi connectivity index (χ4n) is 2.33.